The molecule has 1 atom stereocenters. The maximum Gasteiger partial charge on any atom is 0.416 e. The van der Waals surface area contributed by atoms with Crippen molar-refractivity contribution in [1.29, 1.82) is 0 Å². The van der Waals surface area contributed by atoms with Crippen LogP contribution in [0, 0.1) is 0 Å². The number of halogens is 3. The predicted molar refractivity (Wildman–Crippen MR) is 72.9 cm³/mol. The Bertz CT molecular complexity index is 641. The topological polar surface area (TPSA) is 55.5 Å². The van der Waals surface area contributed by atoms with Gasteiger partial charge < -0.3 is 15.6 Å². The van der Waals surface area contributed by atoms with E-state index >= 15 is 0 Å². The van der Waals surface area contributed by atoms with Gasteiger partial charge in [-0.15, -0.1) is 0 Å². The van der Waals surface area contributed by atoms with Crippen LogP contribution in [0.2, 0.25) is 0 Å². The molecule has 6 heteroatoms. The zero-order chi connectivity index (χ0) is 15.6. The Hall–Kier alpha value is -2.21. The Morgan fingerprint density at radius 1 is 1.10 bits per heavy atom. The summed E-state index contributed by atoms with van der Waals surface area (Å²) >= 11 is 0. The number of rotatable bonds is 3. The van der Waals surface area contributed by atoms with E-state index in [1.165, 1.54) is 7.11 Å². The van der Waals surface area contributed by atoms with E-state index in [-0.39, 0.29) is 11.3 Å². The molecule has 2 rings (SSSR count). The van der Waals surface area contributed by atoms with E-state index in [4.69, 9.17) is 10.5 Å². The van der Waals surface area contributed by atoms with Crippen LogP contribution in [0.3, 0.4) is 0 Å². The third-order valence-corrected chi connectivity index (χ3v) is 3.14. The summed E-state index contributed by atoms with van der Waals surface area (Å²) in [5.74, 6) is 0.377. The minimum atomic E-state index is -4.50. The van der Waals surface area contributed by atoms with Crippen LogP contribution in [-0.2, 0) is 6.18 Å². The van der Waals surface area contributed by atoms with Crippen LogP contribution in [0.25, 0.3) is 0 Å². The summed E-state index contributed by atoms with van der Waals surface area (Å²) in [5.41, 5.74) is 5.27. The van der Waals surface area contributed by atoms with E-state index in [1.54, 1.807) is 24.3 Å². The second-order valence-electron chi connectivity index (χ2n) is 4.49. The maximum absolute atomic E-state index is 12.8. The van der Waals surface area contributed by atoms with E-state index < -0.39 is 17.8 Å². The molecule has 0 aliphatic heterocycles. The van der Waals surface area contributed by atoms with Crippen LogP contribution in [0.5, 0.6) is 5.75 Å². The van der Waals surface area contributed by atoms with Crippen molar-refractivity contribution in [3.05, 3.63) is 59.2 Å². The number of hydrogen-bond acceptors (Lipinski definition) is 3. The smallest absolute Gasteiger partial charge is 0.416 e. The third-order valence-electron chi connectivity index (χ3n) is 3.14. The Morgan fingerprint density at radius 3 is 2.38 bits per heavy atom. The van der Waals surface area contributed by atoms with Crippen LogP contribution < -0.4 is 10.5 Å². The van der Waals surface area contributed by atoms with Crippen LogP contribution in [0.15, 0.2) is 42.5 Å². The largest absolute Gasteiger partial charge is 0.496 e. The molecule has 1 unspecified atom stereocenters. The van der Waals surface area contributed by atoms with Crippen molar-refractivity contribution in [2.24, 2.45) is 0 Å². The second-order valence-corrected chi connectivity index (χ2v) is 4.49. The molecule has 3 nitrogen and oxygen atoms in total. The lowest BCUT2D eigenvalue weighted by Crippen LogP contribution is -2.10. The van der Waals surface area contributed by atoms with Gasteiger partial charge in [0.1, 0.15) is 11.9 Å². The number of para-hydroxylation sites is 1. The average Bonchev–Trinajstić information content (AvgIpc) is 2.45. The number of nitrogens with two attached hydrogens (primary N) is 1. The third kappa shape index (κ3) is 3.11. The Kier molecular flexibility index (Phi) is 4.09. The molecule has 3 N–H and O–H groups in total. The van der Waals surface area contributed by atoms with E-state index in [2.05, 4.69) is 0 Å². The molecule has 0 saturated heterocycles. The number of ether oxygens (including phenoxy) is 1. The number of aliphatic hydroxyl groups excluding tert-OH is 1. The van der Waals surface area contributed by atoms with Gasteiger partial charge in [-0.1, -0.05) is 18.2 Å². The molecule has 0 fully saturated rings. The molecule has 0 aromatic heterocycles. The van der Waals surface area contributed by atoms with Crippen molar-refractivity contribution >= 4 is 5.69 Å². The van der Waals surface area contributed by atoms with Crippen molar-refractivity contribution < 1.29 is 23.0 Å². The number of alkyl halides is 3. The fraction of sp³-hybridized carbons (Fsp3) is 0.200. The Balaban J connectivity index is 2.50. The summed E-state index contributed by atoms with van der Waals surface area (Å²) < 4.78 is 43.4. The lowest BCUT2D eigenvalue weighted by atomic mass is 9.97. The highest BCUT2D eigenvalue weighted by atomic mass is 19.4. The van der Waals surface area contributed by atoms with Gasteiger partial charge in [-0.3, -0.25) is 0 Å². The SMILES string of the molecule is COc1ccccc1C(O)c1cc(C(F)(F)F)ccc1N. The summed E-state index contributed by atoms with van der Waals surface area (Å²) in [6.45, 7) is 0. The van der Waals surface area contributed by atoms with Gasteiger partial charge in [-0.25, -0.2) is 0 Å². The standard InChI is InChI=1S/C15H14F3NO2/c1-21-13-5-3-2-4-10(13)14(20)11-8-9(15(16,17)18)6-7-12(11)19/h2-8,14,20H,19H2,1H3. The van der Waals surface area contributed by atoms with Crippen molar-refractivity contribution in [2.75, 3.05) is 12.8 Å². The van der Waals surface area contributed by atoms with Gasteiger partial charge in [0.05, 0.1) is 12.7 Å². The normalized spacial score (nSPS) is 13.0. The van der Waals surface area contributed by atoms with E-state index in [9.17, 15) is 18.3 Å². The van der Waals surface area contributed by atoms with Crippen molar-refractivity contribution in [1.82, 2.24) is 0 Å². The molecular formula is C15H14F3NO2. The van der Waals surface area contributed by atoms with E-state index in [0.717, 1.165) is 18.2 Å². The number of hydrogen-bond donors (Lipinski definition) is 2. The molecule has 0 aliphatic rings. The molecule has 0 radical (unpaired) electrons. The Labute approximate surface area is 119 Å². The number of benzene rings is 2. The first-order valence-corrected chi connectivity index (χ1v) is 6.12. The predicted octanol–water partition coefficient (Wildman–Crippen LogP) is 3.38. The highest BCUT2D eigenvalue weighted by molar-refractivity contribution is 5.54. The van der Waals surface area contributed by atoms with E-state index in [0.29, 0.717) is 11.3 Å². The van der Waals surface area contributed by atoms with Gasteiger partial charge >= 0.3 is 6.18 Å². The number of nitrogen functional groups attached to an aromatic ring is 1. The maximum atomic E-state index is 12.8. The molecule has 2 aromatic carbocycles. The molecule has 0 aliphatic carbocycles. The molecule has 0 saturated carbocycles. The summed E-state index contributed by atoms with van der Waals surface area (Å²) in [6, 6.07) is 9.41. The molecule has 0 bridgehead atoms. The van der Waals surface area contributed by atoms with Gasteiger partial charge in [0, 0.05) is 16.8 Å². The van der Waals surface area contributed by atoms with Crippen molar-refractivity contribution in [3.63, 3.8) is 0 Å². The van der Waals surface area contributed by atoms with Crippen molar-refractivity contribution in [2.45, 2.75) is 12.3 Å². The number of anilines is 1. The van der Waals surface area contributed by atoms with Gasteiger partial charge in [0.15, 0.2) is 0 Å². The lowest BCUT2D eigenvalue weighted by molar-refractivity contribution is -0.137. The summed E-state index contributed by atoms with van der Waals surface area (Å²) in [6.07, 6.45) is -5.80. The highest BCUT2D eigenvalue weighted by Crippen LogP contribution is 2.36. The first-order valence-electron chi connectivity index (χ1n) is 6.12. The number of methoxy groups -OCH3 is 1. The molecule has 21 heavy (non-hydrogen) atoms. The first-order chi connectivity index (χ1) is 9.84. The monoisotopic (exact) mass is 297 g/mol. The first kappa shape index (κ1) is 15.2. The zero-order valence-electron chi connectivity index (χ0n) is 11.2. The van der Waals surface area contributed by atoms with Gasteiger partial charge in [-0.05, 0) is 24.3 Å². The lowest BCUT2D eigenvalue weighted by Gasteiger charge is -2.18. The Morgan fingerprint density at radius 2 is 1.76 bits per heavy atom. The average molecular weight is 297 g/mol. The molecule has 112 valence electrons. The van der Waals surface area contributed by atoms with Gasteiger partial charge in [0.2, 0.25) is 0 Å². The molecule has 2 aromatic rings. The molecule has 0 heterocycles. The fourth-order valence-corrected chi connectivity index (χ4v) is 2.05. The van der Waals surface area contributed by atoms with E-state index in [1.807, 2.05) is 0 Å². The van der Waals surface area contributed by atoms with Crippen LogP contribution in [0.4, 0.5) is 18.9 Å². The molecule has 0 spiro atoms. The minimum absolute atomic E-state index is 0.00525. The molecule has 0 amide bonds. The fourth-order valence-electron chi connectivity index (χ4n) is 2.05. The van der Waals surface area contributed by atoms with Gasteiger partial charge in [0.25, 0.3) is 0 Å². The molecular weight excluding hydrogens is 283 g/mol. The van der Waals surface area contributed by atoms with Crippen molar-refractivity contribution in [3.8, 4) is 5.75 Å². The highest BCUT2D eigenvalue weighted by Gasteiger charge is 2.32. The summed E-state index contributed by atoms with van der Waals surface area (Å²) in [4.78, 5) is 0. The quantitative estimate of drug-likeness (QED) is 0.854. The summed E-state index contributed by atoms with van der Waals surface area (Å²) in [5, 5.41) is 10.3. The van der Waals surface area contributed by atoms with Gasteiger partial charge in [-0.2, -0.15) is 13.2 Å². The summed E-state index contributed by atoms with van der Waals surface area (Å²) in [7, 11) is 1.42. The second kappa shape index (κ2) is 5.65. The minimum Gasteiger partial charge on any atom is -0.496 e. The zero-order valence-corrected chi connectivity index (χ0v) is 11.2. The van der Waals surface area contributed by atoms with Crippen LogP contribution in [-0.4, -0.2) is 12.2 Å². The van der Waals surface area contributed by atoms with Crippen LogP contribution >= 0.6 is 0 Å². The number of aliphatic hydroxyl groups is 1. The van der Waals surface area contributed by atoms with Crippen LogP contribution in [0.1, 0.15) is 22.8 Å².